The molecule has 160 valence electrons. The van der Waals surface area contributed by atoms with Crippen molar-refractivity contribution in [2.45, 2.75) is 43.5 Å². The van der Waals surface area contributed by atoms with Gasteiger partial charge in [0.25, 0.3) is 0 Å². The van der Waals surface area contributed by atoms with Crippen LogP contribution in [0.25, 0.3) is 0 Å². The maximum atomic E-state index is 13.5. The van der Waals surface area contributed by atoms with Gasteiger partial charge in [-0.2, -0.15) is 0 Å². The Kier molecular flexibility index (Phi) is 5.89. The van der Waals surface area contributed by atoms with Gasteiger partial charge in [0.15, 0.2) is 0 Å². The topological polar surface area (TPSA) is 43.4 Å². The van der Waals surface area contributed by atoms with Crippen molar-refractivity contribution in [1.29, 1.82) is 0 Å². The molecule has 0 bridgehead atoms. The van der Waals surface area contributed by atoms with Crippen LogP contribution < -0.4 is 0 Å². The first-order valence-electron chi connectivity index (χ1n) is 9.73. The number of benzene rings is 2. The Balaban J connectivity index is 2.29. The number of hydrogen-bond donors (Lipinski definition) is 0. The molecule has 1 fully saturated rings. The van der Waals surface area contributed by atoms with Crippen LogP contribution in [0.4, 0.5) is 13.2 Å². The quantitative estimate of drug-likeness (QED) is 0.369. The molecule has 1 aliphatic rings. The first-order valence-corrected chi connectivity index (χ1v) is 13.8. The van der Waals surface area contributed by atoms with Gasteiger partial charge in [0.2, 0.25) is 0 Å². The Morgan fingerprint density at radius 2 is 1.24 bits per heavy atom. The molecule has 0 aromatic heterocycles. The SMILES string of the molecule is CCP1(CC)(OS(=O)(=O)C(F)(F)F)[C@H](c2ccccc2)CC[C@H]1c1ccccc1. The van der Waals surface area contributed by atoms with E-state index in [1.54, 1.807) is 13.8 Å². The van der Waals surface area contributed by atoms with Gasteiger partial charge < -0.3 is 0 Å². The second-order valence-corrected chi connectivity index (χ2v) is 15.2. The van der Waals surface area contributed by atoms with Gasteiger partial charge in [-0.15, -0.1) is 0 Å². The van der Waals surface area contributed by atoms with Gasteiger partial charge in [0.05, 0.1) is 0 Å². The molecule has 8 heteroatoms. The fraction of sp³-hybridized carbons (Fsp3) is 0.429. The predicted molar refractivity (Wildman–Crippen MR) is 112 cm³/mol. The summed E-state index contributed by atoms with van der Waals surface area (Å²) in [4.78, 5) is 0. The Labute approximate surface area is 170 Å². The van der Waals surface area contributed by atoms with Crippen LogP contribution in [0, 0.1) is 0 Å². The van der Waals surface area contributed by atoms with Gasteiger partial charge in [0, 0.05) is 0 Å². The van der Waals surface area contributed by atoms with Crippen molar-refractivity contribution in [3.05, 3.63) is 71.8 Å². The van der Waals surface area contributed by atoms with E-state index in [1.807, 2.05) is 60.7 Å². The van der Waals surface area contributed by atoms with Crippen molar-refractivity contribution in [2.24, 2.45) is 0 Å². The minimum atomic E-state index is -5.75. The average Bonchev–Trinajstić information content (AvgIpc) is 3.04. The summed E-state index contributed by atoms with van der Waals surface area (Å²) in [5.74, 6) is 0. The van der Waals surface area contributed by atoms with Crippen LogP contribution in [0.15, 0.2) is 60.7 Å². The Hall–Kier alpha value is -1.43. The summed E-state index contributed by atoms with van der Waals surface area (Å²) in [7, 11) is -5.75. The standard InChI is InChI=1S/C21H26F3O3PS/c1-3-28(4-2,27-29(25,26)21(22,23)24)19(17-11-7-5-8-12-17)15-16-20(28)18-13-9-6-10-14-18/h5-14,19-20H,3-4,15-16H2,1-2H3/t19-,20-/m0/s1. The molecule has 0 amide bonds. The van der Waals surface area contributed by atoms with Crippen molar-refractivity contribution >= 4 is 16.9 Å². The van der Waals surface area contributed by atoms with Crippen LogP contribution in [0.3, 0.4) is 0 Å². The van der Waals surface area contributed by atoms with Crippen LogP contribution in [0.1, 0.15) is 49.1 Å². The summed E-state index contributed by atoms with van der Waals surface area (Å²) in [6, 6.07) is 18.5. The molecular weight excluding hydrogens is 420 g/mol. The van der Waals surface area contributed by atoms with Gasteiger partial charge in [-0.3, -0.25) is 0 Å². The maximum absolute atomic E-state index is 13.5. The number of hydrogen-bond acceptors (Lipinski definition) is 3. The van der Waals surface area contributed by atoms with E-state index in [4.69, 9.17) is 3.97 Å². The second-order valence-electron chi connectivity index (χ2n) is 7.61. The zero-order chi connectivity index (χ0) is 21.4. The fourth-order valence-electron chi connectivity index (χ4n) is 5.16. The number of alkyl halides is 3. The van der Waals surface area contributed by atoms with Gasteiger partial charge in [-0.05, 0) is 0 Å². The van der Waals surface area contributed by atoms with Crippen LogP contribution in [-0.2, 0) is 14.1 Å². The van der Waals surface area contributed by atoms with Crippen LogP contribution >= 0.6 is 6.83 Å². The molecule has 0 spiro atoms. The normalized spacial score (nSPS) is 25.2. The van der Waals surface area contributed by atoms with Crippen LogP contribution in [0.2, 0.25) is 0 Å². The van der Waals surface area contributed by atoms with Gasteiger partial charge in [-0.1, -0.05) is 0 Å². The van der Waals surface area contributed by atoms with E-state index in [2.05, 4.69) is 0 Å². The molecule has 1 heterocycles. The molecule has 2 atom stereocenters. The second kappa shape index (κ2) is 7.68. The molecule has 1 saturated heterocycles. The monoisotopic (exact) mass is 446 g/mol. The third-order valence-electron chi connectivity index (χ3n) is 6.59. The van der Waals surface area contributed by atoms with Crippen molar-refractivity contribution in [2.75, 3.05) is 12.3 Å². The third kappa shape index (κ3) is 3.51. The Bertz CT molecular complexity index is 891. The number of rotatable bonds is 6. The van der Waals surface area contributed by atoms with Gasteiger partial charge in [-0.25, -0.2) is 0 Å². The molecule has 0 unspecified atom stereocenters. The molecule has 2 aromatic rings. The molecule has 3 nitrogen and oxygen atoms in total. The van der Waals surface area contributed by atoms with Crippen molar-refractivity contribution in [1.82, 2.24) is 0 Å². The van der Waals surface area contributed by atoms with Crippen molar-refractivity contribution in [3.8, 4) is 0 Å². The predicted octanol–water partition coefficient (Wildman–Crippen LogP) is 6.64. The molecule has 0 N–H and O–H groups in total. The Morgan fingerprint density at radius 3 is 1.55 bits per heavy atom. The van der Waals surface area contributed by atoms with E-state index in [0.29, 0.717) is 12.8 Å². The molecule has 29 heavy (non-hydrogen) atoms. The third-order valence-corrected chi connectivity index (χ3v) is 16.4. The van der Waals surface area contributed by atoms with Gasteiger partial charge >= 0.3 is 170 Å². The summed E-state index contributed by atoms with van der Waals surface area (Å²) < 4.78 is 70.7. The summed E-state index contributed by atoms with van der Waals surface area (Å²) in [5.41, 5.74) is -4.47. The molecule has 2 aromatic carbocycles. The summed E-state index contributed by atoms with van der Waals surface area (Å²) >= 11 is 0. The molecule has 0 radical (unpaired) electrons. The van der Waals surface area contributed by atoms with Crippen molar-refractivity contribution in [3.63, 3.8) is 0 Å². The average molecular weight is 446 g/mol. The number of halogens is 3. The zero-order valence-corrected chi connectivity index (χ0v) is 18.2. The molecule has 1 aliphatic heterocycles. The van der Waals surface area contributed by atoms with E-state index >= 15 is 0 Å². The van der Waals surface area contributed by atoms with E-state index in [0.717, 1.165) is 11.1 Å². The first kappa shape index (κ1) is 22.3. The van der Waals surface area contributed by atoms with Gasteiger partial charge in [0.1, 0.15) is 0 Å². The molecule has 0 aliphatic carbocycles. The van der Waals surface area contributed by atoms with Crippen LogP contribution in [0.5, 0.6) is 0 Å². The summed E-state index contributed by atoms with van der Waals surface area (Å²) in [6.07, 6.45) is 1.71. The molecular formula is C21H26F3O3PS. The van der Waals surface area contributed by atoms with Crippen LogP contribution in [-0.4, -0.2) is 26.2 Å². The van der Waals surface area contributed by atoms with E-state index in [-0.39, 0.29) is 23.6 Å². The summed E-state index contributed by atoms with van der Waals surface area (Å²) in [6.45, 7) is -0.372. The molecule has 0 saturated carbocycles. The van der Waals surface area contributed by atoms with E-state index < -0.39 is 22.5 Å². The summed E-state index contributed by atoms with van der Waals surface area (Å²) in [5, 5.41) is 0. The van der Waals surface area contributed by atoms with E-state index in [9.17, 15) is 21.6 Å². The zero-order valence-electron chi connectivity index (χ0n) is 16.5. The molecule has 3 rings (SSSR count). The minimum absolute atomic E-state index is 0.260. The van der Waals surface area contributed by atoms with Crippen molar-refractivity contribution < 1.29 is 25.6 Å². The fourth-order valence-corrected chi connectivity index (χ4v) is 15.1. The Morgan fingerprint density at radius 1 is 0.862 bits per heavy atom. The van der Waals surface area contributed by atoms with E-state index in [1.165, 1.54) is 0 Å². The first-order chi connectivity index (χ1) is 13.6.